The third-order valence-electron chi connectivity index (χ3n) is 2.64. The Balaban J connectivity index is 2.08. The van der Waals surface area contributed by atoms with Crippen molar-refractivity contribution in [3.05, 3.63) is 24.4 Å². The van der Waals surface area contributed by atoms with Gasteiger partial charge in [0, 0.05) is 6.20 Å². The summed E-state index contributed by atoms with van der Waals surface area (Å²) in [5.41, 5.74) is 0. The summed E-state index contributed by atoms with van der Waals surface area (Å²) in [7, 11) is -0.177. The number of ether oxygens (including phenoxy) is 1. The average molecular weight is 268 g/mol. The first kappa shape index (κ1) is 12.7. The second-order valence-corrected chi connectivity index (χ2v) is 5.28. The Bertz CT molecular complexity index is 491. The van der Waals surface area contributed by atoms with Gasteiger partial charge in [-0.15, -0.1) is 0 Å². The lowest BCUT2D eigenvalue weighted by Gasteiger charge is -2.38. The molecule has 1 aromatic heterocycles. The van der Waals surface area contributed by atoms with E-state index in [1.165, 1.54) is 12.0 Å². The van der Waals surface area contributed by atoms with Gasteiger partial charge in [-0.05, 0) is 12.1 Å². The highest BCUT2D eigenvalue weighted by molar-refractivity contribution is 7.85. The Kier molecular flexibility index (Phi) is 3.71. The van der Waals surface area contributed by atoms with Gasteiger partial charge in [-0.2, -0.15) is 0 Å². The molecular weight excluding hydrogens is 256 g/mol. The Morgan fingerprint density at radius 2 is 2.39 bits per heavy atom. The number of nitrogens with zero attached hydrogens (tertiary/aromatic N) is 2. The third-order valence-corrected chi connectivity index (χ3v) is 4.20. The molecule has 0 spiro atoms. The number of carbonyl (C=O) groups is 2. The van der Waals surface area contributed by atoms with Gasteiger partial charge in [0.2, 0.25) is 5.91 Å². The monoisotopic (exact) mass is 268 g/mol. The Morgan fingerprint density at radius 3 is 2.94 bits per heavy atom. The molecule has 2 unspecified atom stereocenters. The summed E-state index contributed by atoms with van der Waals surface area (Å²) in [4.78, 5) is 27.8. The van der Waals surface area contributed by atoms with E-state index >= 15 is 0 Å². The van der Waals surface area contributed by atoms with Crippen LogP contribution in [0.25, 0.3) is 0 Å². The smallest absolute Gasteiger partial charge is 0.325 e. The molecule has 7 heteroatoms. The molecule has 1 aliphatic heterocycles. The van der Waals surface area contributed by atoms with Crippen molar-refractivity contribution < 1.29 is 18.5 Å². The summed E-state index contributed by atoms with van der Waals surface area (Å²) in [6, 6.07) is 5.08. The van der Waals surface area contributed by atoms with Crippen LogP contribution in [0, 0.1) is 0 Å². The van der Waals surface area contributed by atoms with Gasteiger partial charge in [0.1, 0.15) is 16.9 Å². The zero-order valence-corrected chi connectivity index (χ0v) is 10.6. The van der Waals surface area contributed by atoms with Crippen LogP contribution in [0.15, 0.2) is 29.4 Å². The molecule has 1 aliphatic rings. The summed E-state index contributed by atoms with van der Waals surface area (Å²) in [6.07, 6.45) is 1.71. The van der Waals surface area contributed by atoms with Gasteiger partial charge in [0.15, 0.2) is 0 Å². The van der Waals surface area contributed by atoms with E-state index in [2.05, 4.69) is 9.72 Å². The van der Waals surface area contributed by atoms with Gasteiger partial charge in [-0.25, -0.2) is 4.98 Å². The molecule has 2 rings (SSSR count). The molecule has 2 atom stereocenters. The average Bonchev–Trinajstić information content (AvgIpc) is 2.42. The highest BCUT2D eigenvalue weighted by Crippen LogP contribution is 2.25. The van der Waals surface area contributed by atoms with E-state index in [0.717, 1.165) is 0 Å². The number of pyridine rings is 1. The van der Waals surface area contributed by atoms with Crippen molar-refractivity contribution in [1.82, 2.24) is 9.88 Å². The molecule has 0 aromatic carbocycles. The molecule has 0 bridgehead atoms. The summed E-state index contributed by atoms with van der Waals surface area (Å²) < 4.78 is 16.6. The van der Waals surface area contributed by atoms with Gasteiger partial charge in [-0.3, -0.25) is 13.8 Å². The molecule has 18 heavy (non-hydrogen) atoms. The normalized spacial score (nSPS) is 20.2. The highest BCUT2D eigenvalue weighted by atomic mass is 32.2. The first-order chi connectivity index (χ1) is 8.63. The van der Waals surface area contributed by atoms with Crippen LogP contribution in [0.5, 0.6) is 0 Å². The molecule has 0 radical (unpaired) electrons. The van der Waals surface area contributed by atoms with E-state index < -0.39 is 22.1 Å². The number of methoxy groups -OCH3 is 1. The molecule has 0 aliphatic carbocycles. The van der Waals surface area contributed by atoms with Crippen molar-refractivity contribution in [3.8, 4) is 0 Å². The Hall–Kier alpha value is -1.76. The second kappa shape index (κ2) is 5.26. The zero-order valence-electron chi connectivity index (χ0n) is 9.74. The first-order valence-corrected chi connectivity index (χ1v) is 6.52. The number of carbonyl (C=O) groups excluding carboxylic acids is 2. The fourth-order valence-corrected chi connectivity index (χ4v) is 2.99. The lowest BCUT2D eigenvalue weighted by atomic mass is 10.2. The first-order valence-electron chi connectivity index (χ1n) is 5.31. The van der Waals surface area contributed by atoms with Crippen LogP contribution in [0.4, 0.5) is 0 Å². The maximum absolute atomic E-state index is 12.2. The van der Waals surface area contributed by atoms with Gasteiger partial charge >= 0.3 is 5.97 Å². The van der Waals surface area contributed by atoms with Crippen molar-refractivity contribution >= 4 is 22.7 Å². The molecule has 1 saturated heterocycles. The largest absolute Gasteiger partial charge is 0.468 e. The van der Waals surface area contributed by atoms with E-state index in [9.17, 15) is 13.8 Å². The SMILES string of the molecule is COC(=O)CN1C(=O)CC1S(=O)c1ccccn1. The van der Waals surface area contributed by atoms with Gasteiger partial charge in [0.25, 0.3) is 0 Å². The molecule has 0 N–H and O–H groups in total. The summed E-state index contributed by atoms with van der Waals surface area (Å²) in [5, 5.41) is -0.0867. The predicted molar refractivity (Wildman–Crippen MR) is 62.8 cm³/mol. The number of hydrogen-bond acceptors (Lipinski definition) is 5. The van der Waals surface area contributed by atoms with Crippen molar-refractivity contribution in [2.45, 2.75) is 16.8 Å². The van der Waals surface area contributed by atoms with Crippen LogP contribution in [-0.2, 0) is 25.1 Å². The van der Waals surface area contributed by atoms with Crippen molar-refractivity contribution in [1.29, 1.82) is 0 Å². The fourth-order valence-electron chi connectivity index (χ4n) is 1.62. The van der Waals surface area contributed by atoms with Crippen LogP contribution >= 0.6 is 0 Å². The minimum atomic E-state index is -1.42. The summed E-state index contributed by atoms with van der Waals surface area (Å²) in [6.45, 7) is -0.168. The van der Waals surface area contributed by atoms with E-state index in [1.807, 2.05) is 0 Å². The van der Waals surface area contributed by atoms with Crippen LogP contribution < -0.4 is 0 Å². The fraction of sp³-hybridized carbons (Fsp3) is 0.364. The number of hydrogen-bond donors (Lipinski definition) is 0. The Morgan fingerprint density at radius 1 is 1.61 bits per heavy atom. The second-order valence-electron chi connectivity index (χ2n) is 3.72. The topological polar surface area (TPSA) is 76.6 Å². The number of rotatable bonds is 4. The van der Waals surface area contributed by atoms with Crippen LogP contribution in [0.2, 0.25) is 0 Å². The number of likely N-dealkylation sites (tertiary alicyclic amines) is 1. The predicted octanol–water partition coefficient (Wildman–Crippen LogP) is -0.0794. The molecule has 96 valence electrons. The van der Waals surface area contributed by atoms with Crippen LogP contribution in [-0.4, -0.2) is 45.0 Å². The minimum absolute atomic E-state index is 0.167. The van der Waals surface area contributed by atoms with E-state index in [0.29, 0.717) is 5.03 Å². The Labute approximate surface area is 106 Å². The number of amides is 1. The maximum atomic E-state index is 12.2. The molecule has 1 aromatic rings. The van der Waals surface area contributed by atoms with Crippen LogP contribution in [0.3, 0.4) is 0 Å². The summed E-state index contributed by atoms with van der Waals surface area (Å²) in [5.74, 6) is -0.722. The zero-order chi connectivity index (χ0) is 13.1. The molecule has 6 nitrogen and oxygen atoms in total. The number of β-lactam (4-membered cyclic amide) rings is 1. The molecule has 1 amide bonds. The molecular formula is C11H12N2O4S. The molecule has 2 heterocycles. The molecule has 0 saturated carbocycles. The van der Waals surface area contributed by atoms with Gasteiger partial charge < -0.3 is 9.64 Å². The van der Waals surface area contributed by atoms with Crippen molar-refractivity contribution in [2.75, 3.05) is 13.7 Å². The maximum Gasteiger partial charge on any atom is 0.325 e. The standard InChI is InChI=1S/C11H12N2O4S/c1-17-11(15)7-13-9(14)6-10(13)18(16)8-4-2-3-5-12-8/h2-5,10H,6-7H2,1H3. The van der Waals surface area contributed by atoms with Crippen molar-refractivity contribution in [3.63, 3.8) is 0 Å². The van der Waals surface area contributed by atoms with Crippen LogP contribution in [0.1, 0.15) is 6.42 Å². The quantitative estimate of drug-likeness (QED) is 0.564. The van der Waals surface area contributed by atoms with E-state index in [1.54, 1.807) is 24.4 Å². The lowest BCUT2D eigenvalue weighted by Crippen LogP contribution is -2.56. The number of aromatic nitrogens is 1. The van der Waals surface area contributed by atoms with E-state index in [4.69, 9.17) is 0 Å². The van der Waals surface area contributed by atoms with Gasteiger partial charge in [0.05, 0.1) is 24.3 Å². The van der Waals surface area contributed by atoms with Gasteiger partial charge in [-0.1, -0.05) is 6.07 Å². The minimum Gasteiger partial charge on any atom is -0.468 e. The summed E-state index contributed by atoms with van der Waals surface area (Å²) >= 11 is 0. The van der Waals surface area contributed by atoms with E-state index in [-0.39, 0.29) is 18.9 Å². The lowest BCUT2D eigenvalue weighted by molar-refractivity contribution is -0.153. The third kappa shape index (κ3) is 2.40. The van der Waals surface area contributed by atoms with Crippen molar-refractivity contribution in [2.24, 2.45) is 0 Å². The molecule has 1 fully saturated rings. The number of esters is 1. The highest BCUT2D eigenvalue weighted by Gasteiger charge is 2.42.